The van der Waals surface area contributed by atoms with Crippen LogP contribution in [0.15, 0.2) is 54.6 Å². The Hall–Kier alpha value is -2.77. The molecule has 7 heteroatoms. The van der Waals surface area contributed by atoms with Crippen molar-refractivity contribution in [3.05, 3.63) is 60.2 Å². The van der Waals surface area contributed by atoms with Gasteiger partial charge in [-0.2, -0.15) is 0 Å². The summed E-state index contributed by atoms with van der Waals surface area (Å²) in [5.41, 5.74) is 3.56. The van der Waals surface area contributed by atoms with Gasteiger partial charge in [0.2, 0.25) is 5.95 Å². The minimum Gasteiger partial charge on any atom is -0.371 e. The molecule has 7 nitrogen and oxygen atoms in total. The number of benzene rings is 2. The van der Waals surface area contributed by atoms with Crippen LogP contribution in [0.25, 0.3) is 11.1 Å². The molecule has 0 atom stereocenters. The third-order valence-corrected chi connectivity index (χ3v) is 6.34. The highest BCUT2D eigenvalue weighted by atomic mass is 16.5. The molecule has 3 heterocycles. The number of likely N-dealkylation sites (tertiary alicyclic amines) is 1. The van der Waals surface area contributed by atoms with Crippen LogP contribution >= 0.6 is 0 Å². The number of nitrogens with zero attached hydrogens (tertiary/aromatic N) is 6. The molecule has 30 heavy (non-hydrogen) atoms. The van der Waals surface area contributed by atoms with E-state index in [0.29, 0.717) is 6.54 Å². The maximum absolute atomic E-state index is 6.25. The Balaban J connectivity index is 1.30. The Morgan fingerprint density at radius 3 is 2.43 bits per heavy atom. The molecule has 5 rings (SSSR count). The maximum Gasteiger partial charge on any atom is 0.246 e. The zero-order valence-electron chi connectivity index (χ0n) is 17.4. The summed E-state index contributed by atoms with van der Waals surface area (Å²) in [5.74, 6) is 0.837. The predicted molar refractivity (Wildman–Crippen MR) is 116 cm³/mol. The number of hydrogen-bond donors (Lipinski definition) is 0. The van der Waals surface area contributed by atoms with Gasteiger partial charge >= 0.3 is 0 Å². The van der Waals surface area contributed by atoms with Crippen LogP contribution in [0.4, 0.5) is 5.95 Å². The summed E-state index contributed by atoms with van der Waals surface area (Å²) in [6, 6.07) is 19.1. The van der Waals surface area contributed by atoms with Crippen molar-refractivity contribution in [3.63, 3.8) is 0 Å². The number of aromatic nitrogens is 4. The lowest BCUT2D eigenvalue weighted by molar-refractivity contribution is -0.0887. The molecule has 1 spiro atoms. The third kappa shape index (κ3) is 3.95. The summed E-state index contributed by atoms with van der Waals surface area (Å²) in [7, 11) is 2.18. The zero-order chi connectivity index (χ0) is 20.4. The number of ether oxygens (including phenoxy) is 1. The molecule has 0 radical (unpaired) electrons. The van der Waals surface area contributed by atoms with Gasteiger partial charge in [-0.05, 0) is 47.0 Å². The highest BCUT2D eigenvalue weighted by Gasteiger charge is 2.40. The van der Waals surface area contributed by atoms with Crippen molar-refractivity contribution >= 4 is 5.95 Å². The van der Waals surface area contributed by atoms with Gasteiger partial charge in [-0.1, -0.05) is 59.7 Å². The van der Waals surface area contributed by atoms with E-state index >= 15 is 0 Å². The normalized spacial score (nSPS) is 19.3. The highest BCUT2D eigenvalue weighted by molar-refractivity contribution is 5.63. The molecule has 2 aliphatic rings. The van der Waals surface area contributed by atoms with Crippen LogP contribution in [-0.4, -0.2) is 70.5 Å². The molecule has 2 aromatic carbocycles. The Kier molecular flexibility index (Phi) is 5.23. The monoisotopic (exact) mass is 404 g/mol. The fourth-order valence-electron chi connectivity index (χ4n) is 4.48. The van der Waals surface area contributed by atoms with E-state index in [4.69, 9.17) is 4.74 Å². The Labute approximate surface area is 177 Å². The van der Waals surface area contributed by atoms with E-state index in [1.807, 2.05) is 10.7 Å². The summed E-state index contributed by atoms with van der Waals surface area (Å²) in [4.78, 5) is 4.67. The number of tetrazole rings is 1. The molecule has 0 bridgehead atoms. The molecular formula is C23H28N6O. The summed E-state index contributed by atoms with van der Waals surface area (Å²) < 4.78 is 8.16. The topological polar surface area (TPSA) is 59.3 Å². The predicted octanol–water partition coefficient (Wildman–Crippen LogP) is 2.69. The van der Waals surface area contributed by atoms with Gasteiger partial charge in [0.05, 0.1) is 25.3 Å². The van der Waals surface area contributed by atoms with E-state index in [2.05, 4.69) is 80.9 Å². The van der Waals surface area contributed by atoms with E-state index in [0.717, 1.165) is 51.6 Å². The first kappa shape index (κ1) is 19.2. The summed E-state index contributed by atoms with van der Waals surface area (Å²) in [6.45, 7) is 5.21. The van der Waals surface area contributed by atoms with E-state index < -0.39 is 0 Å². The largest absolute Gasteiger partial charge is 0.371 e. The van der Waals surface area contributed by atoms with Crippen molar-refractivity contribution in [2.45, 2.75) is 25.0 Å². The quantitative estimate of drug-likeness (QED) is 0.666. The lowest BCUT2D eigenvalue weighted by Crippen LogP contribution is -2.57. The molecule has 0 N–H and O–H groups in total. The first-order valence-corrected chi connectivity index (χ1v) is 10.7. The second-order valence-corrected chi connectivity index (χ2v) is 8.46. The van der Waals surface area contributed by atoms with Crippen molar-refractivity contribution in [1.29, 1.82) is 0 Å². The molecular weight excluding hydrogens is 376 g/mol. The Morgan fingerprint density at radius 2 is 1.67 bits per heavy atom. The van der Waals surface area contributed by atoms with Gasteiger partial charge in [0.1, 0.15) is 0 Å². The fraction of sp³-hybridized carbons (Fsp3) is 0.435. The van der Waals surface area contributed by atoms with Crippen molar-refractivity contribution in [1.82, 2.24) is 25.1 Å². The number of rotatable bonds is 4. The molecule has 3 aromatic rings. The first-order chi connectivity index (χ1) is 14.7. The van der Waals surface area contributed by atoms with Gasteiger partial charge < -0.3 is 14.5 Å². The Bertz CT molecular complexity index is 963. The third-order valence-electron chi connectivity index (χ3n) is 6.34. The van der Waals surface area contributed by atoms with Crippen LogP contribution in [0.2, 0.25) is 0 Å². The van der Waals surface area contributed by atoms with Crippen molar-refractivity contribution in [3.8, 4) is 11.1 Å². The van der Waals surface area contributed by atoms with E-state index in [-0.39, 0.29) is 5.60 Å². The first-order valence-electron chi connectivity index (χ1n) is 10.7. The SMILES string of the molecule is CN1CCC2(CC1)CN(c1nnnn1Cc1ccc(-c3ccccc3)cc1)CCO2. The van der Waals surface area contributed by atoms with Crippen molar-refractivity contribution in [2.24, 2.45) is 0 Å². The average molecular weight is 405 g/mol. The fourth-order valence-corrected chi connectivity index (χ4v) is 4.48. The molecule has 2 saturated heterocycles. The van der Waals surface area contributed by atoms with Crippen LogP contribution in [0.1, 0.15) is 18.4 Å². The smallest absolute Gasteiger partial charge is 0.246 e. The van der Waals surface area contributed by atoms with Crippen LogP contribution < -0.4 is 4.90 Å². The van der Waals surface area contributed by atoms with E-state index in [1.54, 1.807) is 0 Å². The summed E-state index contributed by atoms with van der Waals surface area (Å²) >= 11 is 0. The number of anilines is 1. The van der Waals surface area contributed by atoms with Gasteiger partial charge in [-0.3, -0.25) is 0 Å². The molecule has 0 saturated carbocycles. The summed E-state index contributed by atoms with van der Waals surface area (Å²) in [6.07, 6.45) is 2.12. The van der Waals surface area contributed by atoms with E-state index in [9.17, 15) is 0 Å². The molecule has 2 fully saturated rings. The van der Waals surface area contributed by atoms with E-state index in [1.165, 1.54) is 16.7 Å². The minimum atomic E-state index is -0.0706. The minimum absolute atomic E-state index is 0.0706. The lowest BCUT2D eigenvalue weighted by atomic mass is 9.89. The van der Waals surface area contributed by atoms with Gasteiger partial charge in [-0.15, -0.1) is 0 Å². The molecule has 156 valence electrons. The molecule has 1 aromatic heterocycles. The number of morpholine rings is 1. The van der Waals surface area contributed by atoms with Gasteiger partial charge in [0.15, 0.2) is 0 Å². The van der Waals surface area contributed by atoms with Gasteiger partial charge in [0.25, 0.3) is 0 Å². The zero-order valence-corrected chi connectivity index (χ0v) is 17.4. The average Bonchev–Trinajstić information content (AvgIpc) is 3.25. The van der Waals surface area contributed by atoms with Crippen molar-refractivity contribution in [2.75, 3.05) is 44.7 Å². The van der Waals surface area contributed by atoms with Crippen LogP contribution in [0.3, 0.4) is 0 Å². The standard InChI is InChI=1S/C23H28N6O/c1-27-13-11-23(12-14-27)18-28(15-16-30-23)22-24-25-26-29(22)17-19-7-9-21(10-8-19)20-5-3-2-4-6-20/h2-10H,11-18H2,1H3. The second kappa shape index (κ2) is 8.16. The van der Waals surface area contributed by atoms with Gasteiger partial charge in [0, 0.05) is 19.6 Å². The molecule has 2 aliphatic heterocycles. The van der Waals surface area contributed by atoms with Crippen LogP contribution in [0, 0.1) is 0 Å². The van der Waals surface area contributed by atoms with Gasteiger partial charge in [-0.25, -0.2) is 4.68 Å². The Morgan fingerprint density at radius 1 is 0.933 bits per heavy atom. The molecule has 0 aliphatic carbocycles. The highest BCUT2D eigenvalue weighted by Crippen LogP contribution is 2.31. The summed E-state index contributed by atoms with van der Waals surface area (Å²) in [5, 5.41) is 12.6. The number of piperidine rings is 1. The maximum atomic E-state index is 6.25. The lowest BCUT2D eigenvalue weighted by Gasteiger charge is -2.46. The second-order valence-electron chi connectivity index (χ2n) is 8.46. The van der Waals surface area contributed by atoms with Crippen LogP contribution in [-0.2, 0) is 11.3 Å². The molecule has 0 amide bonds. The number of hydrogen-bond acceptors (Lipinski definition) is 6. The van der Waals surface area contributed by atoms with Crippen LogP contribution in [0.5, 0.6) is 0 Å². The molecule has 0 unspecified atom stereocenters. The van der Waals surface area contributed by atoms with Crippen molar-refractivity contribution < 1.29 is 4.74 Å².